The van der Waals surface area contributed by atoms with Crippen LogP contribution in [0.3, 0.4) is 0 Å². The summed E-state index contributed by atoms with van der Waals surface area (Å²) in [6.45, 7) is -0.402. The monoisotopic (exact) mass is 568 g/mol. The molecule has 4 rings (SSSR count). The molecule has 2 aliphatic rings. The van der Waals surface area contributed by atoms with Gasteiger partial charge in [-0.25, -0.2) is 27.4 Å². The average molecular weight is 569 g/mol. The molecule has 3 amide bonds. The molecule has 0 spiro atoms. The van der Waals surface area contributed by atoms with Crippen LogP contribution in [0.5, 0.6) is 0 Å². The molecule has 3 heterocycles. The molecule has 1 atom stereocenters. The standard InChI is InChI=1S/C20H21ClF4N6O5S/c1-29-18(32)17-13-9-30(19(33)27-11-2-3-15(22)14(21)6-11)5-4-16(13)28-31(17)8-12(36-29)7-26-37(34,35)10-20(23,24)25/h2-3,6,12,26H,4-5,7-10H2,1H3,(H,27,33). The maximum Gasteiger partial charge on any atom is 0.404 e. The van der Waals surface area contributed by atoms with Gasteiger partial charge >= 0.3 is 12.2 Å². The minimum absolute atomic E-state index is 0.00782. The van der Waals surface area contributed by atoms with Gasteiger partial charge in [-0.15, -0.1) is 0 Å². The summed E-state index contributed by atoms with van der Waals surface area (Å²) in [5, 5.41) is 7.70. The van der Waals surface area contributed by atoms with E-state index in [0.717, 1.165) is 11.1 Å². The number of carbonyl (C=O) groups is 2. The summed E-state index contributed by atoms with van der Waals surface area (Å²) in [5.41, 5.74) is 1.39. The number of nitrogens with zero attached hydrogens (tertiary/aromatic N) is 4. The van der Waals surface area contributed by atoms with E-state index in [2.05, 4.69) is 10.4 Å². The van der Waals surface area contributed by atoms with Crippen LogP contribution in [0, 0.1) is 5.82 Å². The second kappa shape index (κ2) is 10.1. The molecule has 2 N–H and O–H groups in total. The van der Waals surface area contributed by atoms with Crippen molar-refractivity contribution in [1.82, 2.24) is 24.5 Å². The van der Waals surface area contributed by atoms with Crippen LogP contribution in [-0.2, 0) is 34.4 Å². The Morgan fingerprint density at radius 3 is 2.73 bits per heavy atom. The average Bonchev–Trinajstić information content (AvgIpc) is 3.09. The summed E-state index contributed by atoms with van der Waals surface area (Å²) >= 11 is 5.75. The number of hydroxylamine groups is 2. The predicted molar refractivity (Wildman–Crippen MR) is 122 cm³/mol. The number of amides is 3. The van der Waals surface area contributed by atoms with E-state index in [1.807, 2.05) is 4.72 Å². The number of hydrogen-bond acceptors (Lipinski definition) is 6. The summed E-state index contributed by atoms with van der Waals surface area (Å²) in [6.07, 6.45) is -5.66. The fourth-order valence-electron chi connectivity index (χ4n) is 3.98. The van der Waals surface area contributed by atoms with Crippen LogP contribution in [-0.4, -0.2) is 78.3 Å². The zero-order valence-corrected chi connectivity index (χ0v) is 20.8. The number of hydrogen-bond donors (Lipinski definition) is 2. The lowest BCUT2D eigenvalue weighted by molar-refractivity contribution is -0.145. The Labute approximate surface area is 213 Å². The number of nitrogens with one attached hydrogen (secondary N) is 2. The van der Waals surface area contributed by atoms with Crippen molar-refractivity contribution in [3.8, 4) is 0 Å². The number of aromatic nitrogens is 2. The van der Waals surface area contributed by atoms with Crippen molar-refractivity contribution in [3.05, 3.63) is 46.0 Å². The molecule has 202 valence electrons. The molecule has 11 nitrogen and oxygen atoms in total. The molecule has 2 aliphatic heterocycles. The number of sulfonamides is 1. The highest BCUT2D eigenvalue weighted by Crippen LogP contribution is 2.27. The van der Waals surface area contributed by atoms with Gasteiger partial charge in [-0.2, -0.15) is 18.3 Å². The number of fused-ring (bicyclic) bond motifs is 3. The zero-order valence-electron chi connectivity index (χ0n) is 19.2. The van der Waals surface area contributed by atoms with Gasteiger partial charge in [-0.1, -0.05) is 11.6 Å². The fourth-order valence-corrected chi connectivity index (χ4v) is 5.14. The van der Waals surface area contributed by atoms with Crippen LogP contribution in [0.15, 0.2) is 18.2 Å². The van der Waals surface area contributed by atoms with Gasteiger partial charge in [0.05, 0.1) is 23.8 Å². The lowest BCUT2D eigenvalue weighted by atomic mass is 10.1. The lowest BCUT2D eigenvalue weighted by Crippen LogP contribution is -2.42. The molecule has 2 aromatic rings. The SMILES string of the molecule is CN1OC(CNS(=O)(=O)CC(F)(F)F)Cn2nc3c(c2C1=O)CN(C(=O)Nc1ccc(F)c(Cl)c1)CC3. The largest absolute Gasteiger partial charge is 0.404 e. The second-order valence-electron chi connectivity index (χ2n) is 8.44. The lowest BCUT2D eigenvalue weighted by Gasteiger charge is -2.27. The van der Waals surface area contributed by atoms with Crippen molar-refractivity contribution < 1.29 is 40.4 Å². The molecule has 0 saturated heterocycles. The predicted octanol–water partition coefficient (Wildman–Crippen LogP) is 2.13. The van der Waals surface area contributed by atoms with Crippen molar-refractivity contribution >= 4 is 39.2 Å². The smallest absolute Gasteiger partial charge is 0.320 e. The molecule has 17 heteroatoms. The van der Waals surface area contributed by atoms with Crippen molar-refractivity contribution in [1.29, 1.82) is 0 Å². The van der Waals surface area contributed by atoms with Crippen molar-refractivity contribution in [2.45, 2.75) is 31.8 Å². The molecule has 1 aromatic heterocycles. The molecule has 0 radical (unpaired) electrons. The van der Waals surface area contributed by atoms with Crippen LogP contribution in [0.1, 0.15) is 21.7 Å². The van der Waals surface area contributed by atoms with E-state index in [9.17, 15) is 35.6 Å². The number of carbonyl (C=O) groups excluding carboxylic acids is 2. The van der Waals surface area contributed by atoms with E-state index < -0.39 is 52.4 Å². The van der Waals surface area contributed by atoms with Gasteiger partial charge in [0, 0.05) is 37.8 Å². The third-order valence-electron chi connectivity index (χ3n) is 5.62. The third kappa shape index (κ3) is 6.31. The van der Waals surface area contributed by atoms with Gasteiger partial charge in [0.25, 0.3) is 5.91 Å². The number of urea groups is 1. The summed E-state index contributed by atoms with van der Waals surface area (Å²) in [4.78, 5) is 32.7. The minimum atomic E-state index is -4.92. The highest BCUT2D eigenvalue weighted by molar-refractivity contribution is 7.89. The Hall–Kier alpha value is -2.95. The molecule has 0 bridgehead atoms. The van der Waals surface area contributed by atoms with Crippen molar-refractivity contribution in [3.63, 3.8) is 0 Å². The number of anilines is 1. The van der Waals surface area contributed by atoms with Crippen LogP contribution >= 0.6 is 11.6 Å². The first-order valence-corrected chi connectivity index (χ1v) is 12.8. The van der Waals surface area contributed by atoms with Crippen molar-refractivity contribution in [2.75, 3.05) is 31.2 Å². The molecule has 0 aliphatic carbocycles. The van der Waals surface area contributed by atoms with Crippen LogP contribution in [0.2, 0.25) is 5.02 Å². The van der Waals surface area contributed by atoms with E-state index in [1.165, 1.54) is 28.8 Å². The number of benzene rings is 1. The number of alkyl halides is 3. The van der Waals surface area contributed by atoms with E-state index in [0.29, 0.717) is 17.7 Å². The maximum absolute atomic E-state index is 13.4. The van der Waals surface area contributed by atoms with Gasteiger partial charge in [-0.3, -0.25) is 14.3 Å². The highest BCUT2D eigenvalue weighted by Gasteiger charge is 2.38. The first-order valence-electron chi connectivity index (χ1n) is 10.8. The van der Waals surface area contributed by atoms with Gasteiger partial charge in [-0.05, 0) is 18.2 Å². The molecular weight excluding hydrogens is 548 g/mol. The summed E-state index contributed by atoms with van der Waals surface area (Å²) < 4.78 is 77.5. The Morgan fingerprint density at radius 2 is 2.05 bits per heavy atom. The molecule has 0 saturated carbocycles. The first-order chi connectivity index (χ1) is 17.2. The molecular formula is C20H21ClF4N6O5S. The first kappa shape index (κ1) is 27.1. The second-order valence-corrected chi connectivity index (χ2v) is 10.7. The number of halogens is 5. The minimum Gasteiger partial charge on any atom is -0.320 e. The topological polar surface area (TPSA) is 126 Å². The van der Waals surface area contributed by atoms with Gasteiger partial charge in [0.1, 0.15) is 17.6 Å². The highest BCUT2D eigenvalue weighted by atomic mass is 35.5. The molecule has 0 fully saturated rings. The van der Waals surface area contributed by atoms with E-state index in [1.54, 1.807) is 0 Å². The van der Waals surface area contributed by atoms with Gasteiger partial charge < -0.3 is 10.2 Å². The molecule has 1 unspecified atom stereocenters. The van der Waals surface area contributed by atoms with Crippen LogP contribution < -0.4 is 10.0 Å². The fraction of sp³-hybridized carbons (Fsp3) is 0.450. The van der Waals surface area contributed by atoms with Gasteiger partial charge in [0.2, 0.25) is 10.0 Å². The maximum atomic E-state index is 13.4. The third-order valence-corrected chi connectivity index (χ3v) is 7.22. The Balaban J connectivity index is 1.49. The van der Waals surface area contributed by atoms with E-state index in [4.69, 9.17) is 16.4 Å². The van der Waals surface area contributed by atoms with Crippen molar-refractivity contribution in [2.24, 2.45) is 0 Å². The van der Waals surface area contributed by atoms with E-state index in [-0.39, 0.29) is 36.0 Å². The van der Waals surface area contributed by atoms with Gasteiger partial charge in [0.15, 0.2) is 5.75 Å². The molecule has 37 heavy (non-hydrogen) atoms. The zero-order chi connectivity index (χ0) is 27.1. The number of rotatable bonds is 5. The summed E-state index contributed by atoms with van der Waals surface area (Å²) in [6, 6.07) is 3.20. The Kier molecular flexibility index (Phi) is 7.38. The van der Waals surface area contributed by atoms with Crippen LogP contribution in [0.25, 0.3) is 0 Å². The summed E-state index contributed by atoms with van der Waals surface area (Å²) in [7, 11) is -3.40. The normalized spacial score (nSPS) is 18.3. The van der Waals surface area contributed by atoms with Crippen LogP contribution in [0.4, 0.5) is 28.0 Å². The van der Waals surface area contributed by atoms with E-state index >= 15 is 0 Å². The Morgan fingerprint density at radius 1 is 1.32 bits per heavy atom. The quantitative estimate of drug-likeness (QED) is 0.532. The summed E-state index contributed by atoms with van der Waals surface area (Å²) in [5.74, 6) is -3.31. The molecule has 1 aromatic carbocycles. The Bertz CT molecular complexity index is 1340.